The third-order valence-corrected chi connectivity index (χ3v) is 3.92. The van der Waals surface area contributed by atoms with Crippen LogP contribution in [0.2, 0.25) is 0 Å². The number of likely N-dealkylation sites (tertiary alicyclic amines) is 1. The van der Waals surface area contributed by atoms with Crippen molar-refractivity contribution in [3.63, 3.8) is 0 Å². The van der Waals surface area contributed by atoms with Gasteiger partial charge < -0.3 is 4.90 Å². The van der Waals surface area contributed by atoms with E-state index in [9.17, 15) is 4.79 Å². The van der Waals surface area contributed by atoms with E-state index in [-0.39, 0.29) is 11.9 Å². The number of benzene rings is 1. The minimum absolute atomic E-state index is 0.0736. The Bertz CT molecular complexity index is 607. The molecule has 1 aromatic heterocycles. The largest absolute Gasteiger partial charge is 0.331 e. The SMILES string of the molecule is Cc1ccc(C(=O)N2CC(C)C2c2ccccc2)cn1. The van der Waals surface area contributed by atoms with Crippen LogP contribution in [0.4, 0.5) is 0 Å². The van der Waals surface area contributed by atoms with Gasteiger partial charge in [-0.3, -0.25) is 9.78 Å². The molecule has 102 valence electrons. The van der Waals surface area contributed by atoms with Crippen LogP contribution in [-0.4, -0.2) is 22.3 Å². The Labute approximate surface area is 119 Å². The van der Waals surface area contributed by atoms with Crippen molar-refractivity contribution in [2.45, 2.75) is 19.9 Å². The first-order valence-electron chi connectivity index (χ1n) is 6.95. The number of amides is 1. The molecule has 0 saturated carbocycles. The van der Waals surface area contributed by atoms with Gasteiger partial charge in [-0.15, -0.1) is 0 Å². The quantitative estimate of drug-likeness (QED) is 0.836. The first-order chi connectivity index (χ1) is 9.66. The lowest BCUT2D eigenvalue weighted by Gasteiger charge is -2.47. The molecule has 1 aliphatic heterocycles. The van der Waals surface area contributed by atoms with Crippen LogP contribution < -0.4 is 0 Å². The molecule has 20 heavy (non-hydrogen) atoms. The Morgan fingerprint density at radius 3 is 2.55 bits per heavy atom. The van der Waals surface area contributed by atoms with E-state index >= 15 is 0 Å². The van der Waals surface area contributed by atoms with E-state index in [0.29, 0.717) is 11.5 Å². The Morgan fingerprint density at radius 2 is 1.95 bits per heavy atom. The average Bonchev–Trinajstić information content (AvgIpc) is 2.46. The highest BCUT2D eigenvalue weighted by Gasteiger charge is 2.40. The van der Waals surface area contributed by atoms with Gasteiger partial charge >= 0.3 is 0 Å². The summed E-state index contributed by atoms with van der Waals surface area (Å²) in [5.74, 6) is 0.573. The summed E-state index contributed by atoms with van der Waals surface area (Å²) >= 11 is 0. The van der Waals surface area contributed by atoms with Crippen LogP contribution in [0, 0.1) is 12.8 Å². The van der Waals surface area contributed by atoms with Crippen molar-refractivity contribution in [1.29, 1.82) is 0 Å². The maximum Gasteiger partial charge on any atom is 0.255 e. The summed E-state index contributed by atoms with van der Waals surface area (Å²) in [5.41, 5.74) is 2.81. The van der Waals surface area contributed by atoms with Gasteiger partial charge in [-0.25, -0.2) is 0 Å². The molecule has 2 unspecified atom stereocenters. The Kier molecular flexibility index (Phi) is 3.26. The summed E-state index contributed by atoms with van der Waals surface area (Å²) < 4.78 is 0. The molecule has 1 aromatic carbocycles. The molecule has 0 spiro atoms. The fourth-order valence-electron chi connectivity index (χ4n) is 2.82. The summed E-state index contributed by atoms with van der Waals surface area (Å²) in [5, 5.41) is 0. The molecule has 3 rings (SSSR count). The fraction of sp³-hybridized carbons (Fsp3) is 0.294. The highest BCUT2D eigenvalue weighted by atomic mass is 16.2. The molecule has 2 aromatic rings. The van der Waals surface area contributed by atoms with Gasteiger partial charge in [0.2, 0.25) is 0 Å². The molecule has 0 N–H and O–H groups in total. The molecule has 1 amide bonds. The molecule has 0 radical (unpaired) electrons. The number of hydrogen-bond donors (Lipinski definition) is 0. The highest BCUT2D eigenvalue weighted by molar-refractivity contribution is 5.94. The predicted octanol–water partition coefficient (Wildman–Crippen LogP) is 3.22. The van der Waals surface area contributed by atoms with Crippen LogP contribution in [-0.2, 0) is 0 Å². The number of aryl methyl sites for hydroxylation is 1. The summed E-state index contributed by atoms with van der Waals surface area (Å²) in [6, 6.07) is 14.2. The van der Waals surface area contributed by atoms with Crippen LogP contribution in [0.3, 0.4) is 0 Å². The summed E-state index contributed by atoms with van der Waals surface area (Å²) in [4.78, 5) is 18.7. The van der Waals surface area contributed by atoms with Gasteiger partial charge in [0.25, 0.3) is 5.91 Å². The number of rotatable bonds is 2. The molecule has 3 heteroatoms. The van der Waals surface area contributed by atoms with Gasteiger partial charge in [-0.1, -0.05) is 37.3 Å². The maximum absolute atomic E-state index is 12.6. The van der Waals surface area contributed by atoms with Crippen LogP contribution in [0.1, 0.15) is 34.6 Å². The third-order valence-electron chi connectivity index (χ3n) is 3.92. The molecule has 2 atom stereocenters. The first-order valence-corrected chi connectivity index (χ1v) is 6.95. The lowest BCUT2D eigenvalue weighted by molar-refractivity contribution is 0.0197. The minimum Gasteiger partial charge on any atom is -0.331 e. The molecule has 0 aliphatic carbocycles. The van der Waals surface area contributed by atoms with Gasteiger partial charge in [0, 0.05) is 18.4 Å². The number of hydrogen-bond acceptors (Lipinski definition) is 2. The van der Waals surface area contributed by atoms with Crippen molar-refractivity contribution < 1.29 is 4.79 Å². The minimum atomic E-state index is 0.0736. The smallest absolute Gasteiger partial charge is 0.255 e. The van der Waals surface area contributed by atoms with E-state index in [1.807, 2.05) is 42.2 Å². The topological polar surface area (TPSA) is 33.2 Å². The molecule has 1 saturated heterocycles. The third kappa shape index (κ3) is 2.20. The number of carbonyl (C=O) groups is 1. The fourth-order valence-corrected chi connectivity index (χ4v) is 2.82. The standard InChI is InChI=1S/C17H18N2O/c1-12-11-19(16(12)14-6-4-3-5-7-14)17(20)15-9-8-13(2)18-10-15/h3-10,12,16H,11H2,1-2H3. The van der Waals surface area contributed by atoms with Crippen molar-refractivity contribution in [1.82, 2.24) is 9.88 Å². The van der Waals surface area contributed by atoms with Crippen molar-refractivity contribution >= 4 is 5.91 Å². The number of carbonyl (C=O) groups excluding carboxylic acids is 1. The van der Waals surface area contributed by atoms with Gasteiger partial charge in [0.05, 0.1) is 11.6 Å². The van der Waals surface area contributed by atoms with Crippen LogP contribution >= 0.6 is 0 Å². The van der Waals surface area contributed by atoms with Crippen LogP contribution in [0.25, 0.3) is 0 Å². The van der Waals surface area contributed by atoms with E-state index in [2.05, 4.69) is 24.0 Å². The highest BCUT2D eigenvalue weighted by Crippen LogP contribution is 2.39. The van der Waals surface area contributed by atoms with Crippen molar-refractivity contribution in [2.75, 3.05) is 6.54 Å². The van der Waals surface area contributed by atoms with E-state index in [1.54, 1.807) is 6.20 Å². The van der Waals surface area contributed by atoms with Crippen molar-refractivity contribution in [2.24, 2.45) is 5.92 Å². The molecule has 1 aliphatic rings. The van der Waals surface area contributed by atoms with Crippen LogP contribution in [0.5, 0.6) is 0 Å². The van der Waals surface area contributed by atoms with Crippen molar-refractivity contribution in [3.05, 3.63) is 65.5 Å². The lowest BCUT2D eigenvalue weighted by atomic mass is 9.84. The maximum atomic E-state index is 12.6. The zero-order valence-corrected chi connectivity index (χ0v) is 11.8. The Hall–Kier alpha value is -2.16. The summed E-state index contributed by atoms with van der Waals surface area (Å²) in [6.45, 7) is 4.92. The lowest BCUT2D eigenvalue weighted by Crippen LogP contribution is -2.51. The van der Waals surface area contributed by atoms with Gasteiger partial charge in [0.15, 0.2) is 0 Å². The summed E-state index contributed by atoms with van der Waals surface area (Å²) in [7, 11) is 0. The Balaban J connectivity index is 1.84. The van der Waals surface area contributed by atoms with Crippen molar-refractivity contribution in [3.8, 4) is 0 Å². The zero-order chi connectivity index (χ0) is 14.1. The van der Waals surface area contributed by atoms with E-state index in [4.69, 9.17) is 0 Å². The normalized spacial score (nSPS) is 21.4. The number of nitrogens with zero attached hydrogens (tertiary/aromatic N) is 2. The summed E-state index contributed by atoms with van der Waals surface area (Å²) in [6.07, 6.45) is 1.67. The molecule has 1 fully saturated rings. The second-order valence-electron chi connectivity index (χ2n) is 5.48. The predicted molar refractivity (Wildman–Crippen MR) is 78.4 cm³/mol. The molecular weight excluding hydrogens is 248 g/mol. The van der Waals surface area contributed by atoms with Gasteiger partial charge in [-0.05, 0) is 30.5 Å². The second kappa shape index (κ2) is 5.08. The van der Waals surface area contributed by atoms with E-state index < -0.39 is 0 Å². The van der Waals surface area contributed by atoms with Gasteiger partial charge in [-0.2, -0.15) is 0 Å². The average molecular weight is 266 g/mol. The first kappa shape index (κ1) is 12.9. The molecule has 0 bridgehead atoms. The molecule has 3 nitrogen and oxygen atoms in total. The number of pyridine rings is 1. The van der Waals surface area contributed by atoms with E-state index in [0.717, 1.165) is 12.2 Å². The number of aromatic nitrogens is 1. The monoisotopic (exact) mass is 266 g/mol. The second-order valence-corrected chi connectivity index (χ2v) is 5.48. The zero-order valence-electron chi connectivity index (χ0n) is 11.8. The van der Waals surface area contributed by atoms with Gasteiger partial charge in [0.1, 0.15) is 0 Å². The van der Waals surface area contributed by atoms with Crippen LogP contribution in [0.15, 0.2) is 48.7 Å². The van der Waals surface area contributed by atoms with E-state index in [1.165, 1.54) is 5.56 Å². The molecular formula is C17H18N2O. The molecule has 2 heterocycles. The Morgan fingerprint density at radius 1 is 1.20 bits per heavy atom.